The summed E-state index contributed by atoms with van der Waals surface area (Å²) in [5, 5.41) is 4.06. The first-order chi connectivity index (χ1) is 16.4. The Morgan fingerprint density at radius 2 is 1.56 bits per heavy atom. The van der Waals surface area contributed by atoms with Gasteiger partial charge in [0.1, 0.15) is 6.54 Å². The van der Waals surface area contributed by atoms with Crippen molar-refractivity contribution in [3.05, 3.63) is 100 Å². The van der Waals surface area contributed by atoms with Crippen LogP contribution in [0.3, 0.4) is 0 Å². The number of nitrogens with zero attached hydrogens (tertiary/aromatic N) is 1. The quantitative estimate of drug-likeness (QED) is 0.357. The predicted molar refractivity (Wildman–Crippen MR) is 142 cm³/mol. The molecular formula is C30H36ClN2O+. The summed E-state index contributed by atoms with van der Waals surface area (Å²) in [6.07, 6.45) is 2.98. The molecule has 1 unspecified atom stereocenters. The zero-order valence-electron chi connectivity index (χ0n) is 20.6. The van der Waals surface area contributed by atoms with Crippen LogP contribution in [0.15, 0.2) is 72.8 Å². The van der Waals surface area contributed by atoms with E-state index >= 15 is 0 Å². The van der Waals surface area contributed by atoms with Gasteiger partial charge in [-0.1, -0.05) is 79.2 Å². The van der Waals surface area contributed by atoms with Gasteiger partial charge in [-0.05, 0) is 48.6 Å². The lowest BCUT2D eigenvalue weighted by Crippen LogP contribution is -2.62. The van der Waals surface area contributed by atoms with Gasteiger partial charge in [0.15, 0.2) is 6.04 Å². The molecule has 1 amide bonds. The van der Waals surface area contributed by atoms with Crippen LogP contribution in [0.4, 0.5) is 5.69 Å². The largest absolute Gasteiger partial charge is 0.320 e. The van der Waals surface area contributed by atoms with Gasteiger partial charge in [0.05, 0.1) is 13.1 Å². The molecule has 0 bridgehead atoms. The number of piperidine rings is 1. The van der Waals surface area contributed by atoms with Gasteiger partial charge < -0.3 is 9.80 Å². The van der Waals surface area contributed by atoms with Crippen molar-refractivity contribution in [2.24, 2.45) is 0 Å². The van der Waals surface area contributed by atoms with E-state index in [1.54, 1.807) is 0 Å². The highest BCUT2D eigenvalue weighted by molar-refractivity contribution is 6.30. The maximum atomic E-state index is 13.8. The van der Waals surface area contributed by atoms with Gasteiger partial charge in [-0.2, -0.15) is 0 Å². The number of aryl methyl sites for hydroxylation is 2. The van der Waals surface area contributed by atoms with Crippen molar-refractivity contribution in [3.63, 3.8) is 0 Å². The van der Waals surface area contributed by atoms with Gasteiger partial charge >= 0.3 is 0 Å². The van der Waals surface area contributed by atoms with E-state index < -0.39 is 0 Å². The molecule has 1 atom stereocenters. The summed E-state index contributed by atoms with van der Waals surface area (Å²) in [7, 11) is 0. The first kappa shape index (κ1) is 24.5. The minimum atomic E-state index is -0.105. The molecule has 0 saturated carbocycles. The van der Waals surface area contributed by atoms with Gasteiger partial charge in [0.2, 0.25) is 0 Å². The summed E-state index contributed by atoms with van der Waals surface area (Å²) >= 11 is 6.17. The number of likely N-dealkylation sites (tertiary alicyclic amines) is 1. The molecule has 0 radical (unpaired) electrons. The number of carbonyl (C=O) groups is 1. The first-order valence-corrected chi connectivity index (χ1v) is 12.8. The maximum Gasteiger partial charge on any atom is 0.282 e. The average molecular weight is 476 g/mol. The van der Waals surface area contributed by atoms with Gasteiger partial charge in [-0.25, -0.2) is 0 Å². The molecule has 3 nitrogen and oxygen atoms in total. The van der Waals surface area contributed by atoms with E-state index in [9.17, 15) is 4.79 Å². The minimum absolute atomic E-state index is 0.105. The molecule has 34 heavy (non-hydrogen) atoms. The Labute approximate surface area is 209 Å². The normalized spacial score (nSPS) is 21.1. The zero-order chi connectivity index (χ0) is 24.1. The molecule has 178 valence electrons. The Kier molecular flexibility index (Phi) is 7.75. The van der Waals surface area contributed by atoms with Crippen molar-refractivity contribution in [2.75, 3.05) is 18.4 Å². The van der Waals surface area contributed by atoms with Gasteiger partial charge in [-0.15, -0.1) is 0 Å². The molecule has 3 aromatic carbocycles. The van der Waals surface area contributed by atoms with Crippen LogP contribution in [0, 0.1) is 13.8 Å². The van der Waals surface area contributed by atoms with Crippen LogP contribution < -0.4 is 5.32 Å². The highest BCUT2D eigenvalue weighted by atomic mass is 35.5. The molecule has 1 aliphatic rings. The number of quaternary nitrogens is 1. The number of halogens is 1. The van der Waals surface area contributed by atoms with Crippen LogP contribution in [0.25, 0.3) is 0 Å². The van der Waals surface area contributed by atoms with Gasteiger partial charge in [0, 0.05) is 35.5 Å². The molecule has 4 rings (SSSR count). The van der Waals surface area contributed by atoms with E-state index in [0.29, 0.717) is 5.92 Å². The summed E-state index contributed by atoms with van der Waals surface area (Å²) in [5.41, 5.74) is 5.82. The van der Waals surface area contributed by atoms with Crippen LogP contribution in [-0.2, 0) is 11.3 Å². The molecule has 0 spiro atoms. The standard InChI is InChI=1S/C30H35ClN2O/c1-4-28(30(34)32-29-22(2)9-8-10-23(29)3)33(21-24-13-15-27(31)16-14-24)19-17-26(18-20-33)25-11-6-5-7-12-25/h5-16,26,28H,4,17-21H2,1-3H3/p+1. The fraction of sp³-hybridized carbons (Fsp3) is 0.367. The van der Waals surface area contributed by atoms with E-state index in [0.717, 1.165) is 65.2 Å². The second-order valence-corrected chi connectivity index (χ2v) is 10.3. The Morgan fingerprint density at radius 3 is 2.15 bits per heavy atom. The Hall–Kier alpha value is -2.62. The summed E-state index contributed by atoms with van der Waals surface area (Å²) in [4.78, 5) is 13.8. The van der Waals surface area contributed by atoms with E-state index in [4.69, 9.17) is 11.6 Å². The number of hydrogen-bond donors (Lipinski definition) is 1. The number of rotatable bonds is 7. The van der Waals surface area contributed by atoms with Crippen LogP contribution in [-0.4, -0.2) is 29.5 Å². The molecule has 1 fully saturated rings. The molecule has 1 saturated heterocycles. The molecule has 1 N–H and O–H groups in total. The Bertz CT molecular complexity index is 1080. The third kappa shape index (κ3) is 5.37. The number of hydrogen-bond acceptors (Lipinski definition) is 1. The number of amides is 1. The molecule has 1 heterocycles. The first-order valence-electron chi connectivity index (χ1n) is 12.4. The second-order valence-electron chi connectivity index (χ2n) is 9.82. The van der Waals surface area contributed by atoms with Crippen LogP contribution in [0.1, 0.15) is 54.4 Å². The van der Waals surface area contributed by atoms with Crippen molar-refractivity contribution < 1.29 is 9.28 Å². The minimum Gasteiger partial charge on any atom is -0.320 e. The van der Waals surface area contributed by atoms with Crippen molar-refractivity contribution in [2.45, 2.75) is 58.5 Å². The second kappa shape index (κ2) is 10.8. The van der Waals surface area contributed by atoms with E-state index in [-0.39, 0.29) is 11.9 Å². The van der Waals surface area contributed by atoms with E-state index in [1.165, 1.54) is 11.1 Å². The maximum absolute atomic E-state index is 13.8. The third-order valence-electron chi connectivity index (χ3n) is 7.61. The Morgan fingerprint density at radius 1 is 0.941 bits per heavy atom. The number of nitrogens with one attached hydrogen (secondary N) is 1. The van der Waals surface area contributed by atoms with E-state index in [2.05, 4.69) is 80.7 Å². The number of carbonyl (C=O) groups excluding carboxylic acids is 1. The average Bonchev–Trinajstić information content (AvgIpc) is 2.84. The van der Waals surface area contributed by atoms with Crippen LogP contribution in [0.2, 0.25) is 5.02 Å². The van der Waals surface area contributed by atoms with Crippen molar-refractivity contribution in [1.82, 2.24) is 0 Å². The van der Waals surface area contributed by atoms with Gasteiger partial charge in [-0.3, -0.25) is 4.79 Å². The SMILES string of the molecule is CCC(C(=O)Nc1c(C)cccc1C)[N+]1(Cc2ccc(Cl)cc2)CCC(c2ccccc2)CC1. The summed E-state index contributed by atoms with van der Waals surface area (Å²) in [6, 6.07) is 25.0. The molecule has 4 heteroatoms. The van der Waals surface area contributed by atoms with E-state index in [1.807, 2.05) is 18.2 Å². The van der Waals surface area contributed by atoms with Gasteiger partial charge in [0.25, 0.3) is 5.91 Å². The summed E-state index contributed by atoms with van der Waals surface area (Å²) < 4.78 is 0.790. The highest BCUT2D eigenvalue weighted by Crippen LogP contribution is 2.36. The Balaban J connectivity index is 1.62. The lowest BCUT2D eigenvalue weighted by Gasteiger charge is -2.48. The number of benzene rings is 3. The van der Waals surface area contributed by atoms with Crippen LogP contribution >= 0.6 is 11.6 Å². The number of para-hydroxylation sites is 1. The summed E-state index contributed by atoms with van der Waals surface area (Å²) in [6.45, 7) is 9.10. The highest BCUT2D eigenvalue weighted by Gasteiger charge is 2.44. The zero-order valence-corrected chi connectivity index (χ0v) is 21.3. The lowest BCUT2D eigenvalue weighted by molar-refractivity contribution is -0.959. The third-order valence-corrected chi connectivity index (χ3v) is 7.86. The molecule has 3 aromatic rings. The van der Waals surface area contributed by atoms with Crippen LogP contribution in [0.5, 0.6) is 0 Å². The molecule has 0 aromatic heterocycles. The fourth-order valence-corrected chi connectivity index (χ4v) is 5.84. The molecule has 0 aliphatic carbocycles. The number of anilines is 1. The predicted octanol–water partition coefficient (Wildman–Crippen LogP) is 7.27. The smallest absolute Gasteiger partial charge is 0.282 e. The fourth-order valence-electron chi connectivity index (χ4n) is 5.71. The topological polar surface area (TPSA) is 29.1 Å². The monoisotopic (exact) mass is 475 g/mol. The lowest BCUT2D eigenvalue weighted by atomic mass is 9.86. The van der Waals surface area contributed by atoms with Crippen molar-refractivity contribution in [3.8, 4) is 0 Å². The van der Waals surface area contributed by atoms with Crippen molar-refractivity contribution in [1.29, 1.82) is 0 Å². The summed E-state index contributed by atoms with van der Waals surface area (Å²) in [5.74, 6) is 0.684. The van der Waals surface area contributed by atoms with Crippen molar-refractivity contribution >= 4 is 23.2 Å². The molecule has 1 aliphatic heterocycles. The molecular weight excluding hydrogens is 440 g/mol.